The molecule has 120 valence electrons. The lowest BCUT2D eigenvalue weighted by molar-refractivity contribution is -0.149. The fourth-order valence-electron chi connectivity index (χ4n) is 3.94. The van der Waals surface area contributed by atoms with E-state index in [1.54, 1.807) is 11.3 Å². The summed E-state index contributed by atoms with van der Waals surface area (Å²) < 4.78 is 1.25. The SMILES string of the molecule is Cc1sc2ccccc2c1CN1C[C@@H]2C(=O)NC[C@]2(C(=O)O)C1. The van der Waals surface area contributed by atoms with Gasteiger partial charge in [-0.2, -0.15) is 0 Å². The number of carbonyl (C=O) groups is 2. The molecular weight excluding hydrogens is 312 g/mol. The predicted octanol–water partition coefficient (Wildman–Crippen LogP) is 1.84. The highest BCUT2D eigenvalue weighted by atomic mass is 32.1. The molecule has 2 atom stereocenters. The number of benzene rings is 1. The van der Waals surface area contributed by atoms with Gasteiger partial charge in [0.2, 0.25) is 5.91 Å². The quantitative estimate of drug-likeness (QED) is 0.901. The number of rotatable bonds is 3. The average molecular weight is 330 g/mol. The first-order valence-corrected chi connectivity index (χ1v) is 8.53. The van der Waals surface area contributed by atoms with Crippen LogP contribution in [0.3, 0.4) is 0 Å². The molecule has 3 heterocycles. The number of carbonyl (C=O) groups excluding carboxylic acids is 1. The summed E-state index contributed by atoms with van der Waals surface area (Å²) in [5.41, 5.74) is 0.295. The first-order valence-electron chi connectivity index (χ1n) is 7.72. The molecule has 0 spiro atoms. The van der Waals surface area contributed by atoms with Gasteiger partial charge in [-0.3, -0.25) is 14.5 Å². The predicted molar refractivity (Wildman–Crippen MR) is 88.4 cm³/mol. The zero-order chi connectivity index (χ0) is 16.2. The van der Waals surface area contributed by atoms with Gasteiger partial charge in [-0.05, 0) is 23.9 Å². The van der Waals surface area contributed by atoms with Gasteiger partial charge in [-0.1, -0.05) is 18.2 Å². The monoisotopic (exact) mass is 330 g/mol. The van der Waals surface area contributed by atoms with Crippen LogP contribution in [-0.2, 0) is 16.1 Å². The highest BCUT2D eigenvalue weighted by Crippen LogP contribution is 2.41. The van der Waals surface area contributed by atoms with E-state index in [1.165, 1.54) is 20.5 Å². The lowest BCUT2D eigenvalue weighted by Gasteiger charge is -2.22. The van der Waals surface area contributed by atoms with Gasteiger partial charge >= 0.3 is 5.97 Å². The molecular formula is C17H18N2O3S. The van der Waals surface area contributed by atoms with Gasteiger partial charge < -0.3 is 10.4 Å². The molecule has 1 aromatic carbocycles. The van der Waals surface area contributed by atoms with E-state index in [9.17, 15) is 14.7 Å². The third-order valence-electron chi connectivity index (χ3n) is 5.22. The van der Waals surface area contributed by atoms with Crippen molar-refractivity contribution in [1.29, 1.82) is 0 Å². The summed E-state index contributed by atoms with van der Waals surface area (Å²) in [5.74, 6) is -1.43. The number of hydrogen-bond acceptors (Lipinski definition) is 4. The number of aliphatic carboxylic acids is 1. The van der Waals surface area contributed by atoms with Crippen LogP contribution in [-0.4, -0.2) is 41.5 Å². The summed E-state index contributed by atoms with van der Waals surface area (Å²) in [4.78, 5) is 27.1. The van der Waals surface area contributed by atoms with Crippen LogP contribution in [0.1, 0.15) is 10.4 Å². The first-order chi connectivity index (χ1) is 11.0. The minimum Gasteiger partial charge on any atom is -0.481 e. The molecule has 23 heavy (non-hydrogen) atoms. The Morgan fingerprint density at radius 2 is 2.26 bits per heavy atom. The normalized spacial score (nSPS) is 27.3. The standard InChI is InChI=1S/C17H18N2O3S/c1-10-12(11-4-2-3-5-14(11)23-10)6-19-7-13-15(20)18-8-17(13,9-19)16(21)22/h2-5,13H,6-9H2,1H3,(H,18,20)(H,21,22)/t13-,17+/m1/s1. The van der Waals surface area contributed by atoms with Gasteiger partial charge in [0, 0.05) is 35.8 Å². The van der Waals surface area contributed by atoms with Gasteiger partial charge in [-0.15, -0.1) is 11.3 Å². The topological polar surface area (TPSA) is 69.6 Å². The second-order valence-corrected chi connectivity index (χ2v) is 7.79. The highest BCUT2D eigenvalue weighted by molar-refractivity contribution is 7.19. The Bertz CT molecular complexity index is 815. The first kappa shape index (κ1) is 14.7. The third-order valence-corrected chi connectivity index (χ3v) is 6.34. The number of carboxylic acids is 1. The number of fused-ring (bicyclic) bond motifs is 2. The van der Waals surface area contributed by atoms with Crippen molar-refractivity contribution in [1.82, 2.24) is 10.2 Å². The summed E-state index contributed by atoms with van der Waals surface area (Å²) in [6.07, 6.45) is 0. The molecule has 1 aromatic heterocycles. The molecule has 0 aliphatic carbocycles. The van der Waals surface area contributed by atoms with Crippen LogP contribution in [0.2, 0.25) is 0 Å². The van der Waals surface area contributed by atoms with E-state index in [-0.39, 0.29) is 12.5 Å². The van der Waals surface area contributed by atoms with E-state index in [4.69, 9.17) is 0 Å². The van der Waals surface area contributed by atoms with Crippen LogP contribution in [0.5, 0.6) is 0 Å². The molecule has 2 aliphatic heterocycles. The molecule has 0 bridgehead atoms. The number of likely N-dealkylation sites (tertiary alicyclic amines) is 1. The molecule has 2 aromatic rings. The van der Waals surface area contributed by atoms with Crippen molar-refractivity contribution in [2.45, 2.75) is 13.5 Å². The molecule has 0 saturated carbocycles. The smallest absolute Gasteiger partial charge is 0.313 e. The van der Waals surface area contributed by atoms with Crippen LogP contribution >= 0.6 is 11.3 Å². The molecule has 2 fully saturated rings. The number of thiophene rings is 1. The van der Waals surface area contributed by atoms with Crippen molar-refractivity contribution < 1.29 is 14.7 Å². The summed E-state index contributed by atoms with van der Waals surface area (Å²) in [7, 11) is 0. The Kier molecular flexibility index (Phi) is 3.21. The zero-order valence-electron chi connectivity index (χ0n) is 12.8. The van der Waals surface area contributed by atoms with Gasteiger partial charge in [-0.25, -0.2) is 0 Å². The fourth-order valence-corrected chi connectivity index (χ4v) is 5.02. The molecule has 5 nitrogen and oxygen atoms in total. The summed E-state index contributed by atoms with van der Waals surface area (Å²) in [6.45, 7) is 3.99. The van der Waals surface area contributed by atoms with Crippen molar-refractivity contribution in [3.05, 3.63) is 34.7 Å². The Balaban J connectivity index is 1.64. The van der Waals surface area contributed by atoms with Crippen molar-refractivity contribution in [2.75, 3.05) is 19.6 Å². The molecule has 1 amide bonds. The zero-order valence-corrected chi connectivity index (χ0v) is 13.7. The largest absolute Gasteiger partial charge is 0.481 e. The molecule has 4 rings (SSSR count). The minimum absolute atomic E-state index is 0.123. The highest BCUT2D eigenvalue weighted by Gasteiger charge is 2.59. The Hall–Kier alpha value is -1.92. The van der Waals surface area contributed by atoms with Crippen LogP contribution in [0.15, 0.2) is 24.3 Å². The van der Waals surface area contributed by atoms with E-state index in [1.807, 2.05) is 12.1 Å². The average Bonchev–Trinajstić information content (AvgIpc) is 3.14. The lowest BCUT2D eigenvalue weighted by atomic mass is 9.81. The van der Waals surface area contributed by atoms with E-state index < -0.39 is 17.3 Å². The lowest BCUT2D eigenvalue weighted by Crippen LogP contribution is -2.40. The molecule has 2 saturated heterocycles. The number of nitrogens with one attached hydrogen (secondary N) is 1. The van der Waals surface area contributed by atoms with Gasteiger partial charge in [0.15, 0.2) is 0 Å². The molecule has 2 N–H and O–H groups in total. The summed E-state index contributed by atoms with van der Waals surface area (Å²) in [6, 6.07) is 8.29. The van der Waals surface area contributed by atoms with Crippen molar-refractivity contribution in [3.63, 3.8) is 0 Å². The summed E-state index contributed by atoms with van der Waals surface area (Å²) in [5, 5.41) is 13.6. The third kappa shape index (κ3) is 2.09. The van der Waals surface area contributed by atoms with Gasteiger partial charge in [0.25, 0.3) is 0 Å². The van der Waals surface area contributed by atoms with E-state index in [2.05, 4.69) is 29.3 Å². The number of amides is 1. The fraction of sp³-hybridized carbons (Fsp3) is 0.412. The Morgan fingerprint density at radius 1 is 1.48 bits per heavy atom. The van der Waals surface area contributed by atoms with Crippen molar-refractivity contribution >= 4 is 33.3 Å². The number of aryl methyl sites for hydroxylation is 1. The van der Waals surface area contributed by atoms with Gasteiger partial charge in [0.1, 0.15) is 5.41 Å². The van der Waals surface area contributed by atoms with Crippen LogP contribution < -0.4 is 5.32 Å². The Morgan fingerprint density at radius 3 is 3.00 bits per heavy atom. The van der Waals surface area contributed by atoms with E-state index >= 15 is 0 Å². The Labute approximate surface area is 137 Å². The molecule has 2 aliphatic rings. The van der Waals surface area contributed by atoms with Crippen LogP contribution in [0.25, 0.3) is 10.1 Å². The maximum Gasteiger partial charge on any atom is 0.313 e. The van der Waals surface area contributed by atoms with Crippen molar-refractivity contribution in [2.24, 2.45) is 11.3 Å². The summed E-state index contributed by atoms with van der Waals surface area (Å²) >= 11 is 1.77. The maximum absolute atomic E-state index is 12.0. The van der Waals surface area contributed by atoms with Gasteiger partial charge in [0.05, 0.1) is 5.92 Å². The van der Waals surface area contributed by atoms with Crippen LogP contribution in [0, 0.1) is 18.3 Å². The second kappa shape index (κ2) is 5.04. The maximum atomic E-state index is 12.0. The minimum atomic E-state index is -0.961. The molecule has 0 unspecified atom stereocenters. The number of carboxylic acid groups (broad SMARTS) is 1. The second-order valence-electron chi connectivity index (χ2n) is 6.53. The number of nitrogens with zero attached hydrogens (tertiary/aromatic N) is 1. The molecule has 6 heteroatoms. The number of hydrogen-bond donors (Lipinski definition) is 2. The molecule has 0 radical (unpaired) electrons. The van der Waals surface area contributed by atoms with E-state index in [0.717, 1.165) is 0 Å². The van der Waals surface area contributed by atoms with E-state index in [0.29, 0.717) is 19.6 Å². The van der Waals surface area contributed by atoms with Crippen LogP contribution in [0.4, 0.5) is 0 Å². The van der Waals surface area contributed by atoms with Crippen molar-refractivity contribution in [3.8, 4) is 0 Å².